The third kappa shape index (κ3) is 4.80. The summed E-state index contributed by atoms with van der Waals surface area (Å²) >= 11 is 0. The second-order valence-electron chi connectivity index (χ2n) is 6.54. The Kier molecular flexibility index (Phi) is 6.54. The van der Waals surface area contributed by atoms with E-state index in [1.165, 1.54) is 0 Å². The quantitative estimate of drug-likeness (QED) is 0.813. The van der Waals surface area contributed by atoms with Crippen LogP contribution in [0.5, 0.6) is 0 Å². The van der Waals surface area contributed by atoms with Crippen molar-refractivity contribution in [3.63, 3.8) is 0 Å². The molecule has 1 heterocycles. The summed E-state index contributed by atoms with van der Waals surface area (Å²) in [6, 6.07) is 9.44. The molecule has 6 heteroatoms. The highest BCUT2D eigenvalue weighted by Crippen LogP contribution is 2.13. The SMILES string of the molecule is Cc1ccc(C(=O)N2CCN(C(C)C(=O)N(C)CCC#N)CC2)cc1. The predicted molar refractivity (Wildman–Crippen MR) is 96.0 cm³/mol. The molecule has 1 aromatic carbocycles. The van der Waals surface area contributed by atoms with Crippen molar-refractivity contribution >= 4 is 11.8 Å². The van der Waals surface area contributed by atoms with Crippen molar-refractivity contribution < 1.29 is 9.59 Å². The van der Waals surface area contributed by atoms with Gasteiger partial charge in [-0.2, -0.15) is 5.26 Å². The molecule has 1 aliphatic rings. The minimum Gasteiger partial charge on any atom is -0.343 e. The molecule has 0 bridgehead atoms. The average Bonchev–Trinajstić information content (AvgIpc) is 2.65. The van der Waals surface area contributed by atoms with Crippen molar-refractivity contribution in [2.24, 2.45) is 0 Å². The summed E-state index contributed by atoms with van der Waals surface area (Å²) in [5.41, 5.74) is 1.84. The number of benzene rings is 1. The van der Waals surface area contributed by atoms with Crippen molar-refractivity contribution in [1.82, 2.24) is 14.7 Å². The zero-order chi connectivity index (χ0) is 18.4. The summed E-state index contributed by atoms with van der Waals surface area (Å²) < 4.78 is 0. The van der Waals surface area contributed by atoms with E-state index in [0.29, 0.717) is 44.7 Å². The molecule has 1 aliphatic heterocycles. The molecule has 1 fully saturated rings. The van der Waals surface area contributed by atoms with Crippen LogP contribution in [-0.4, -0.2) is 72.3 Å². The third-order valence-electron chi connectivity index (χ3n) is 4.74. The van der Waals surface area contributed by atoms with Gasteiger partial charge in [0.15, 0.2) is 0 Å². The van der Waals surface area contributed by atoms with Crippen LogP contribution < -0.4 is 0 Å². The van der Waals surface area contributed by atoms with Gasteiger partial charge in [0.1, 0.15) is 0 Å². The van der Waals surface area contributed by atoms with Crippen LogP contribution in [0.2, 0.25) is 0 Å². The van der Waals surface area contributed by atoms with E-state index in [1.807, 2.05) is 43.0 Å². The molecule has 0 spiro atoms. The number of hydrogen-bond donors (Lipinski definition) is 0. The Morgan fingerprint density at radius 3 is 2.36 bits per heavy atom. The van der Waals surface area contributed by atoms with Crippen molar-refractivity contribution in [3.8, 4) is 6.07 Å². The normalized spacial score (nSPS) is 16.2. The predicted octanol–water partition coefficient (Wildman–Crippen LogP) is 1.51. The standard InChI is InChI=1S/C19H26N4O2/c1-15-5-7-17(8-6-15)19(25)23-13-11-22(12-14-23)16(2)18(24)21(3)10-4-9-20/h5-8,16H,4,10-14H2,1-3H3. The summed E-state index contributed by atoms with van der Waals surface area (Å²) in [4.78, 5) is 30.5. The van der Waals surface area contributed by atoms with Gasteiger partial charge in [0.2, 0.25) is 5.91 Å². The minimum absolute atomic E-state index is 0.0218. The monoisotopic (exact) mass is 342 g/mol. The first kappa shape index (κ1) is 18.9. The van der Waals surface area contributed by atoms with Crippen LogP contribution in [0.4, 0.5) is 0 Å². The van der Waals surface area contributed by atoms with E-state index < -0.39 is 0 Å². The lowest BCUT2D eigenvalue weighted by Gasteiger charge is -2.38. The molecule has 1 saturated heterocycles. The number of nitrogens with zero attached hydrogens (tertiary/aromatic N) is 4. The van der Waals surface area contributed by atoms with Gasteiger partial charge in [0, 0.05) is 45.3 Å². The Morgan fingerprint density at radius 1 is 1.20 bits per heavy atom. The van der Waals surface area contributed by atoms with Crippen LogP contribution in [0.1, 0.15) is 29.3 Å². The van der Waals surface area contributed by atoms with Crippen LogP contribution in [0.25, 0.3) is 0 Å². The highest BCUT2D eigenvalue weighted by Gasteiger charge is 2.29. The highest BCUT2D eigenvalue weighted by atomic mass is 16.2. The fraction of sp³-hybridized carbons (Fsp3) is 0.526. The number of amides is 2. The molecule has 1 aromatic rings. The number of nitriles is 1. The zero-order valence-corrected chi connectivity index (χ0v) is 15.2. The average molecular weight is 342 g/mol. The van der Waals surface area contributed by atoms with E-state index >= 15 is 0 Å². The number of hydrogen-bond acceptors (Lipinski definition) is 4. The number of likely N-dealkylation sites (N-methyl/N-ethyl adjacent to an activating group) is 1. The number of carbonyl (C=O) groups excluding carboxylic acids is 2. The lowest BCUT2D eigenvalue weighted by molar-refractivity contribution is -0.135. The smallest absolute Gasteiger partial charge is 0.253 e. The molecule has 1 atom stereocenters. The van der Waals surface area contributed by atoms with E-state index in [4.69, 9.17) is 5.26 Å². The van der Waals surface area contributed by atoms with Crippen molar-refractivity contribution in [2.75, 3.05) is 39.8 Å². The molecular weight excluding hydrogens is 316 g/mol. The topological polar surface area (TPSA) is 67.7 Å². The maximum absolute atomic E-state index is 12.5. The van der Waals surface area contributed by atoms with Crippen molar-refractivity contribution in [2.45, 2.75) is 26.3 Å². The van der Waals surface area contributed by atoms with Crippen LogP contribution in [-0.2, 0) is 4.79 Å². The number of aryl methyl sites for hydroxylation is 1. The second-order valence-corrected chi connectivity index (χ2v) is 6.54. The Balaban J connectivity index is 1.88. The van der Waals surface area contributed by atoms with Crippen LogP contribution >= 0.6 is 0 Å². The number of rotatable bonds is 5. The molecule has 0 aromatic heterocycles. The molecule has 2 rings (SSSR count). The van der Waals surface area contributed by atoms with Gasteiger partial charge >= 0.3 is 0 Å². The van der Waals surface area contributed by atoms with E-state index in [2.05, 4.69) is 11.0 Å². The van der Waals surface area contributed by atoms with Gasteiger partial charge in [-0.25, -0.2) is 0 Å². The first-order valence-corrected chi connectivity index (χ1v) is 8.66. The number of carbonyl (C=O) groups is 2. The summed E-state index contributed by atoms with van der Waals surface area (Å²) in [6.07, 6.45) is 0.341. The van der Waals surface area contributed by atoms with Crippen molar-refractivity contribution in [3.05, 3.63) is 35.4 Å². The van der Waals surface area contributed by atoms with E-state index in [-0.39, 0.29) is 17.9 Å². The lowest BCUT2D eigenvalue weighted by atomic mass is 10.1. The second kappa shape index (κ2) is 8.63. The van der Waals surface area contributed by atoms with Crippen LogP contribution in [0, 0.1) is 18.3 Å². The van der Waals surface area contributed by atoms with E-state index in [1.54, 1.807) is 11.9 Å². The number of piperazine rings is 1. The Morgan fingerprint density at radius 2 is 1.80 bits per heavy atom. The molecular formula is C19H26N4O2. The van der Waals surface area contributed by atoms with Gasteiger partial charge in [0.25, 0.3) is 5.91 Å². The molecule has 1 unspecified atom stereocenters. The Labute approximate surface area is 149 Å². The third-order valence-corrected chi connectivity index (χ3v) is 4.74. The largest absolute Gasteiger partial charge is 0.343 e. The minimum atomic E-state index is -0.236. The van der Waals surface area contributed by atoms with E-state index in [0.717, 1.165) is 5.56 Å². The first-order chi connectivity index (χ1) is 11.9. The van der Waals surface area contributed by atoms with Gasteiger partial charge < -0.3 is 9.80 Å². The molecule has 25 heavy (non-hydrogen) atoms. The Bertz CT molecular complexity index is 642. The summed E-state index contributed by atoms with van der Waals surface area (Å²) in [5, 5.41) is 8.64. The van der Waals surface area contributed by atoms with Gasteiger partial charge in [0.05, 0.1) is 18.5 Å². The Hall–Kier alpha value is -2.39. The van der Waals surface area contributed by atoms with E-state index in [9.17, 15) is 9.59 Å². The fourth-order valence-corrected chi connectivity index (χ4v) is 2.99. The molecule has 6 nitrogen and oxygen atoms in total. The molecule has 0 radical (unpaired) electrons. The summed E-state index contributed by atoms with van der Waals surface area (Å²) in [5.74, 6) is 0.0679. The fourth-order valence-electron chi connectivity index (χ4n) is 2.99. The maximum Gasteiger partial charge on any atom is 0.253 e. The highest BCUT2D eigenvalue weighted by molar-refractivity contribution is 5.94. The molecule has 2 amide bonds. The molecule has 0 saturated carbocycles. The summed E-state index contributed by atoms with van der Waals surface area (Å²) in [6.45, 7) is 6.93. The molecule has 0 N–H and O–H groups in total. The van der Waals surface area contributed by atoms with Crippen molar-refractivity contribution in [1.29, 1.82) is 5.26 Å². The summed E-state index contributed by atoms with van der Waals surface area (Å²) in [7, 11) is 1.73. The lowest BCUT2D eigenvalue weighted by Crippen LogP contribution is -2.55. The zero-order valence-electron chi connectivity index (χ0n) is 15.2. The molecule has 134 valence electrons. The van der Waals surface area contributed by atoms with Gasteiger partial charge in [-0.3, -0.25) is 14.5 Å². The van der Waals surface area contributed by atoms with Gasteiger partial charge in [-0.15, -0.1) is 0 Å². The van der Waals surface area contributed by atoms with Crippen LogP contribution in [0.15, 0.2) is 24.3 Å². The van der Waals surface area contributed by atoms with Gasteiger partial charge in [-0.05, 0) is 26.0 Å². The maximum atomic E-state index is 12.5. The first-order valence-electron chi connectivity index (χ1n) is 8.66. The van der Waals surface area contributed by atoms with Gasteiger partial charge in [-0.1, -0.05) is 17.7 Å². The van der Waals surface area contributed by atoms with Crippen LogP contribution in [0.3, 0.4) is 0 Å². The molecule has 0 aliphatic carbocycles.